The summed E-state index contributed by atoms with van der Waals surface area (Å²) in [6, 6.07) is 11.6. The number of nitrogens with one attached hydrogen (secondary N) is 3. The van der Waals surface area contributed by atoms with E-state index >= 15 is 0 Å². The van der Waals surface area contributed by atoms with E-state index in [0.29, 0.717) is 29.1 Å². The third-order valence-electron chi connectivity index (χ3n) is 8.60. The van der Waals surface area contributed by atoms with Crippen molar-refractivity contribution in [3.05, 3.63) is 71.9 Å². The van der Waals surface area contributed by atoms with Crippen molar-refractivity contribution in [2.24, 2.45) is 17.8 Å². The van der Waals surface area contributed by atoms with E-state index in [1.54, 1.807) is 24.5 Å². The Labute approximate surface area is 223 Å². The molecule has 0 aliphatic heterocycles. The number of anilines is 1. The van der Waals surface area contributed by atoms with Gasteiger partial charge < -0.3 is 20.4 Å². The molecule has 2 aromatic heterocycles. The molecule has 3 aromatic rings. The summed E-state index contributed by atoms with van der Waals surface area (Å²) in [5, 5.41) is 5.61. The van der Waals surface area contributed by atoms with Crippen LogP contribution in [-0.2, 0) is 16.6 Å². The molecular weight excluding hydrogens is 478 g/mol. The van der Waals surface area contributed by atoms with Crippen LogP contribution in [0.15, 0.2) is 55.0 Å². The van der Waals surface area contributed by atoms with Crippen molar-refractivity contribution in [2.45, 2.75) is 56.8 Å². The van der Waals surface area contributed by atoms with Gasteiger partial charge in [0.2, 0.25) is 0 Å². The number of hydrogen-bond donors (Lipinski definition) is 3. The largest absolute Gasteiger partial charge is 0.484 e. The number of rotatable bonds is 10. The third-order valence-corrected chi connectivity index (χ3v) is 8.60. The van der Waals surface area contributed by atoms with Crippen molar-refractivity contribution in [3.63, 3.8) is 0 Å². The Morgan fingerprint density at radius 3 is 2.39 bits per heavy atom. The Balaban J connectivity index is 0.974. The van der Waals surface area contributed by atoms with Gasteiger partial charge in [0.25, 0.3) is 11.8 Å². The number of H-pyrrole nitrogens is 1. The number of hydrogen-bond acceptors (Lipinski definition) is 5. The first-order valence-electron chi connectivity index (χ1n) is 13.8. The van der Waals surface area contributed by atoms with E-state index in [1.807, 2.05) is 12.1 Å². The molecule has 2 heterocycles. The Hall–Kier alpha value is -3.68. The normalized spacial score (nSPS) is 25.2. The summed E-state index contributed by atoms with van der Waals surface area (Å²) in [6.07, 6.45) is 14.8. The predicted molar refractivity (Wildman–Crippen MR) is 144 cm³/mol. The van der Waals surface area contributed by atoms with Gasteiger partial charge in [-0.2, -0.15) is 0 Å². The fourth-order valence-corrected chi connectivity index (χ4v) is 7.33. The van der Waals surface area contributed by atoms with Gasteiger partial charge in [-0.05, 0) is 97.9 Å². The van der Waals surface area contributed by atoms with Gasteiger partial charge in [-0.15, -0.1) is 0 Å². The standard InChI is InChI=1S/C30H35N5O3/c36-28(35-27-15-23(7-9-31-27)29(37)34-8-1-2-26-32-10-11-33-26)19-38-25-5-3-24(4-6-25)30-16-20-12-21(17-30)14-22(13-20)18-30/h3-7,9-11,15,20-22H,1-2,8,12-14,16-19H2,(H,32,33)(H,34,37)(H,31,35,36). The molecule has 8 nitrogen and oxygen atoms in total. The minimum absolute atomic E-state index is 0.123. The summed E-state index contributed by atoms with van der Waals surface area (Å²) in [7, 11) is 0. The number of nitrogens with zero attached hydrogens (tertiary/aromatic N) is 2. The van der Waals surface area contributed by atoms with Crippen LogP contribution in [0, 0.1) is 17.8 Å². The Bertz CT molecular complexity index is 1240. The molecule has 198 valence electrons. The first-order chi connectivity index (χ1) is 18.5. The van der Waals surface area contributed by atoms with Gasteiger partial charge in [-0.3, -0.25) is 9.59 Å². The van der Waals surface area contributed by atoms with Crippen molar-refractivity contribution >= 4 is 17.6 Å². The summed E-state index contributed by atoms with van der Waals surface area (Å²) < 4.78 is 5.76. The predicted octanol–water partition coefficient (Wildman–Crippen LogP) is 4.65. The van der Waals surface area contributed by atoms with E-state index in [2.05, 4.69) is 37.7 Å². The molecule has 0 unspecified atom stereocenters. The van der Waals surface area contributed by atoms with Crippen LogP contribution in [0.2, 0.25) is 0 Å². The van der Waals surface area contributed by atoms with E-state index in [-0.39, 0.29) is 18.4 Å². The number of benzene rings is 1. The van der Waals surface area contributed by atoms with Gasteiger partial charge in [-0.25, -0.2) is 9.97 Å². The molecule has 0 atom stereocenters. The average molecular weight is 514 g/mol. The molecule has 4 saturated carbocycles. The zero-order valence-electron chi connectivity index (χ0n) is 21.6. The van der Waals surface area contributed by atoms with Crippen LogP contribution >= 0.6 is 0 Å². The molecule has 0 spiro atoms. The average Bonchev–Trinajstić information content (AvgIpc) is 3.43. The summed E-state index contributed by atoms with van der Waals surface area (Å²) >= 11 is 0. The third kappa shape index (κ3) is 5.44. The SMILES string of the molecule is O=C(COc1ccc(C23CC4CC(CC(C4)C2)C3)cc1)Nc1cc(C(=O)NCCCc2ncc[nH]2)ccn1. The van der Waals surface area contributed by atoms with Crippen LogP contribution in [0.25, 0.3) is 0 Å². The van der Waals surface area contributed by atoms with Gasteiger partial charge >= 0.3 is 0 Å². The summed E-state index contributed by atoms with van der Waals surface area (Å²) in [6.45, 7) is 0.403. The molecule has 4 aliphatic carbocycles. The lowest BCUT2D eigenvalue weighted by atomic mass is 9.48. The molecule has 2 amide bonds. The van der Waals surface area contributed by atoms with Gasteiger partial charge in [0.1, 0.15) is 17.4 Å². The molecule has 0 saturated heterocycles. The van der Waals surface area contributed by atoms with E-state index in [9.17, 15) is 9.59 Å². The van der Waals surface area contributed by atoms with E-state index < -0.39 is 0 Å². The highest BCUT2D eigenvalue weighted by Crippen LogP contribution is 2.60. The summed E-state index contributed by atoms with van der Waals surface area (Å²) in [5.41, 5.74) is 2.23. The van der Waals surface area contributed by atoms with Crippen molar-refractivity contribution in [1.29, 1.82) is 0 Å². The van der Waals surface area contributed by atoms with Crippen molar-refractivity contribution in [3.8, 4) is 5.75 Å². The lowest BCUT2D eigenvalue weighted by Gasteiger charge is -2.57. The fourth-order valence-electron chi connectivity index (χ4n) is 7.33. The van der Waals surface area contributed by atoms with Crippen LogP contribution in [-0.4, -0.2) is 39.9 Å². The lowest BCUT2D eigenvalue weighted by Crippen LogP contribution is -2.48. The van der Waals surface area contributed by atoms with Gasteiger partial charge in [0.05, 0.1) is 0 Å². The number of amides is 2. The second-order valence-electron chi connectivity index (χ2n) is 11.4. The van der Waals surface area contributed by atoms with E-state index in [1.165, 1.54) is 50.3 Å². The summed E-state index contributed by atoms with van der Waals surface area (Å²) in [5.74, 6) is 4.10. The Morgan fingerprint density at radius 2 is 1.71 bits per heavy atom. The number of aromatic amines is 1. The smallest absolute Gasteiger partial charge is 0.263 e. The molecule has 7 rings (SSSR count). The van der Waals surface area contributed by atoms with E-state index in [0.717, 1.165) is 36.4 Å². The monoisotopic (exact) mass is 513 g/mol. The van der Waals surface area contributed by atoms with Gasteiger partial charge in [0, 0.05) is 37.1 Å². The number of carbonyl (C=O) groups is 2. The highest BCUT2D eigenvalue weighted by molar-refractivity contribution is 5.96. The van der Waals surface area contributed by atoms with E-state index in [4.69, 9.17) is 4.74 Å². The maximum absolute atomic E-state index is 12.5. The maximum Gasteiger partial charge on any atom is 0.263 e. The van der Waals surface area contributed by atoms with Crippen LogP contribution in [0.4, 0.5) is 5.82 Å². The lowest BCUT2D eigenvalue weighted by molar-refractivity contribution is -0.118. The molecule has 38 heavy (non-hydrogen) atoms. The van der Waals surface area contributed by atoms with Gasteiger partial charge in [0.15, 0.2) is 6.61 Å². The summed E-state index contributed by atoms with van der Waals surface area (Å²) in [4.78, 5) is 36.4. The molecule has 4 aliphatic rings. The van der Waals surface area contributed by atoms with Crippen molar-refractivity contribution in [2.75, 3.05) is 18.5 Å². The highest BCUT2D eigenvalue weighted by atomic mass is 16.5. The van der Waals surface area contributed by atoms with Gasteiger partial charge in [-0.1, -0.05) is 12.1 Å². The van der Waals surface area contributed by atoms with Crippen LogP contribution in [0.5, 0.6) is 5.75 Å². The first kappa shape index (κ1) is 24.6. The Morgan fingerprint density at radius 1 is 0.974 bits per heavy atom. The molecule has 3 N–H and O–H groups in total. The second-order valence-corrected chi connectivity index (χ2v) is 11.4. The quantitative estimate of drug-likeness (QED) is 0.342. The molecule has 0 radical (unpaired) electrons. The molecular formula is C30H35N5O3. The molecule has 4 bridgehead atoms. The topological polar surface area (TPSA) is 109 Å². The number of pyridine rings is 1. The number of imidazole rings is 1. The maximum atomic E-state index is 12.5. The number of aromatic nitrogens is 3. The zero-order chi connectivity index (χ0) is 26.0. The van der Waals surface area contributed by atoms with Crippen LogP contribution in [0.3, 0.4) is 0 Å². The number of carbonyl (C=O) groups excluding carboxylic acids is 2. The van der Waals surface area contributed by atoms with Crippen LogP contribution < -0.4 is 15.4 Å². The van der Waals surface area contributed by atoms with Crippen molar-refractivity contribution < 1.29 is 14.3 Å². The molecule has 1 aromatic carbocycles. The van der Waals surface area contributed by atoms with Crippen molar-refractivity contribution in [1.82, 2.24) is 20.3 Å². The molecule has 8 heteroatoms. The fraction of sp³-hybridized carbons (Fsp3) is 0.467. The Kier molecular flexibility index (Phi) is 6.87. The molecule has 4 fully saturated rings. The van der Waals surface area contributed by atoms with Crippen LogP contribution in [0.1, 0.15) is 66.7 Å². The zero-order valence-corrected chi connectivity index (χ0v) is 21.6. The number of ether oxygens (including phenoxy) is 1. The highest BCUT2D eigenvalue weighted by Gasteiger charge is 2.51. The number of aryl methyl sites for hydroxylation is 1. The first-order valence-corrected chi connectivity index (χ1v) is 13.8. The minimum atomic E-state index is -0.321. The second kappa shape index (κ2) is 10.6. The minimum Gasteiger partial charge on any atom is -0.484 e.